The number of aliphatic hydroxyl groups excluding tert-OH is 1. The lowest BCUT2D eigenvalue weighted by atomic mass is 10.2. The number of hydrogen-bond acceptors (Lipinski definition) is 5. The smallest absolute Gasteiger partial charge is 0.240 e. The van der Waals surface area contributed by atoms with Crippen LogP contribution in [0.25, 0.3) is 0 Å². The normalized spacial score (nSPS) is 11.2. The molecule has 0 spiro atoms. The van der Waals surface area contributed by atoms with Gasteiger partial charge >= 0.3 is 0 Å². The van der Waals surface area contributed by atoms with E-state index in [9.17, 15) is 5.11 Å². The van der Waals surface area contributed by atoms with Crippen LogP contribution in [0.5, 0.6) is 0 Å². The van der Waals surface area contributed by atoms with E-state index in [0.29, 0.717) is 19.0 Å². The molecule has 0 radical (unpaired) electrons. The Morgan fingerprint density at radius 2 is 2.00 bits per heavy atom. The van der Waals surface area contributed by atoms with Crippen molar-refractivity contribution < 1.29 is 9.63 Å². The minimum atomic E-state index is 0.114. The van der Waals surface area contributed by atoms with Gasteiger partial charge in [0.2, 0.25) is 5.89 Å². The Morgan fingerprint density at radius 1 is 1.20 bits per heavy atom. The fraction of sp³-hybridized carbons (Fsp3) is 0.467. The molecule has 0 aliphatic heterocycles. The summed E-state index contributed by atoms with van der Waals surface area (Å²) in [5, 5.41) is 13.1. The average molecular weight is 275 g/mol. The second-order valence-corrected chi connectivity index (χ2v) is 4.77. The number of benzene rings is 1. The lowest BCUT2D eigenvalue weighted by molar-refractivity contribution is 0.167. The van der Waals surface area contributed by atoms with Crippen LogP contribution in [-0.2, 0) is 19.5 Å². The van der Waals surface area contributed by atoms with E-state index >= 15 is 0 Å². The van der Waals surface area contributed by atoms with Crippen LogP contribution in [-0.4, -0.2) is 33.3 Å². The maximum absolute atomic E-state index is 9.17. The first-order valence-electron chi connectivity index (χ1n) is 7.00. The first-order valence-corrected chi connectivity index (χ1v) is 7.00. The summed E-state index contributed by atoms with van der Waals surface area (Å²) in [7, 11) is 0. The molecule has 5 nitrogen and oxygen atoms in total. The minimum Gasteiger partial charge on any atom is -0.395 e. The summed E-state index contributed by atoms with van der Waals surface area (Å²) in [6, 6.07) is 10.2. The lowest BCUT2D eigenvalue weighted by Crippen LogP contribution is -2.26. The third-order valence-electron chi connectivity index (χ3n) is 3.01. The summed E-state index contributed by atoms with van der Waals surface area (Å²) in [5.74, 6) is 1.36. The van der Waals surface area contributed by atoms with E-state index in [1.54, 1.807) is 0 Å². The van der Waals surface area contributed by atoms with Gasteiger partial charge in [0.1, 0.15) is 0 Å². The summed E-state index contributed by atoms with van der Waals surface area (Å²) in [6.07, 6.45) is 1.84. The Kier molecular flexibility index (Phi) is 5.70. The van der Waals surface area contributed by atoms with Crippen molar-refractivity contribution in [3.63, 3.8) is 0 Å². The molecule has 2 aromatic rings. The fourth-order valence-corrected chi connectivity index (χ4v) is 2.07. The molecule has 5 heteroatoms. The van der Waals surface area contributed by atoms with E-state index in [1.807, 2.05) is 18.2 Å². The number of nitrogens with zero attached hydrogens (tertiary/aromatic N) is 3. The van der Waals surface area contributed by atoms with Crippen LogP contribution < -0.4 is 0 Å². The molecule has 0 bridgehead atoms. The highest BCUT2D eigenvalue weighted by molar-refractivity contribution is 5.14. The highest BCUT2D eigenvalue weighted by atomic mass is 16.5. The van der Waals surface area contributed by atoms with Crippen molar-refractivity contribution in [1.29, 1.82) is 0 Å². The van der Waals surface area contributed by atoms with E-state index in [-0.39, 0.29) is 6.61 Å². The largest absolute Gasteiger partial charge is 0.395 e. The van der Waals surface area contributed by atoms with Crippen molar-refractivity contribution in [2.75, 3.05) is 13.2 Å². The van der Waals surface area contributed by atoms with Crippen molar-refractivity contribution >= 4 is 0 Å². The molecule has 1 aromatic heterocycles. The Labute approximate surface area is 119 Å². The standard InChI is InChI=1S/C15H21N3O2/c1-2-6-14-16-15(20-17-14)12-18(9-10-19)11-13-7-4-3-5-8-13/h3-5,7-8,19H,2,6,9-12H2,1H3. The van der Waals surface area contributed by atoms with E-state index in [1.165, 1.54) is 5.56 Å². The number of hydrogen-bond donors (Lipinski definition) is 1. The number of rotatable bonds is 8. The maximum atomic E-state index is 9.17. The van der Waals surface area contributed by atoms with Crippen LogP contribution in [0.15, 0.2) is 34.9 Å². The van der Waals surface area contributed by atoms with Crippen molar-refractivity contribution in [3.8, 4) is 0 Å². The minimum absolute atomic E-state index is 0.114. The molecule has 0 fully saturated rings. The van der Waals surface area contributed by atoms with E-state index in [2.05, 4.69) is 34.1 Å². The van der Waals surface area contributed by atoms with E-state index in [4.69, 9.17) is 4.52 Å². The van der Waals surface area contributed by atoms with Gasteiger partial charge in [-0.2, -0.15) is 4.98 Å². The zero-order valence-electron chi connectivity index (χ0n) is 11.8. The van der Waals surface area contributed by atoms with Gasteiger partial charge < -0.3 is 9.63 Å². The molecule has 1 aromatic carbocycles. The fourth-order valence-electron chi connectivity index (χ4n) is 2.07. The highest BCUT2D eigenvalue weighted by Gasteiger charge is 2.12. The molecule has 2 rings (SSSR count). The first-order chi connectivity index (χ1) is 9.81. The molecular formula is C15H21N3O2. The first kappa shape index (κ1) is 14.7. The molecule has 0 atom stereocenters. The van der Waals surface area contributed by atoms with Crippen LogP contribution in [0, 0.1) is 0 Å². The van der Waals surface area contributed by atoms with E-state index < -0.39 is 0 Å². The van der Waals surface area contributed by atoms with Gasteiger partial charge in [0.05, 0.1) is 13.2 Å². The van der Waals surface area contributed by atoms with Gasteiger partial charge in [0, 0.05) is 19.5 Å². The van der Waals surface area contributed by atoms with Gasteiger partial charge in [-0.05, 0) is 12.0 Å². The van der Waals surface area contributed by atoms with Crippen LogP contribution in [0.1, 0.15) is 30.6 Å². The second kappa shape index (κ2) is 7.77. The zero-order chi connectivity index (χ0) is 14.2. The number of aromatic nitrogens is 2. The van der Waals surface area contributed by atoms with Crippen molar-refractivity contribution in [3.05, 3.63) is 47.6 Å². The van der Waals surface area contributed by atoms with Crippen LogP contribution >= 0.6 is 0 Å². The molecule has 1 N–H and O–H groups in total. The quantitative estimate of drug-likeness (QED) is 0.798. The predicted octanol–water partition coefficient (Wildman–Crippen LogP) is 2.02. The number of aryl methyl sites for hydroxylation is 1. The molecule has 0 saturated carbocycles. The zero-order valence-corrected chi connectivity index (χ0v) is 11.8. The van der Waals surface area contributed by atoms with Gasteiger partial charge in [-0.1, -0.05) is 42.4 Å². The lowest BCUT2D eigenvalue weighted by Gasteiger charge is -2.19. The molecule has 20 heavy (non-hydrogen) atoms. The van der Waals surface area contributed by atoms with Crippen LogP contribution in [0.4, 0.5) is 0 Å². The maximum Gasteiger partial charge on any atom is 0.240 e. The predicted molar refractivity (Wildman–Crippen MR) is 75.9 cm³/mol. The molecule has 108 valence electrons. The van der Waals surface area contributed by atoms with Crippen LogP contribution in [0.3, 0.4) is 0 Å². The van der Waals surface area contributed by atoms with Crippen molar-refractivity contribution in [1.82, 2.24) is 15.0 Å². The van der Waals surface area contributed by atoms with Gasteiger partial charge in [0.15, 0.2) is 5.82 Å². The van der Waals surface area contributed by atoms with E-state index in [0.717, 1.165) is 25.2 Å². The summed E-state index contributed by atoms with van der Waals surface area (Å²) in [4.78, 5) is 6.46. The average Bonchev–Trinajstić information content (AvgIpc) is 2.88. The molecular weight excluding hydrogens is 254 g/mol. The molecule has 0 unspecified atom stereocenters. The number of aliphatic hydroxyl groups is 1. The highest BCUT2D eigenvalue weighted by Crippen LogP contribution is 2.09. The second-order valence-electron chi connectivity index (χ2n) is 4.77. The Morgan fingerprint density at radius 3 is 2.70 bits per heavy atom. The van der Waals surface area contributed by atoms with Crippen LogP contribution in [0.2, 0.25) is 0 Å². The SMILES string of the molecule is CCCc1noc(CN(CCO)Cc2ccccc2)n1. The van der Waals surface area contributed by atoms with Gasteiger partial charge in [-0.3, -0.25) is 4.90 Å². The molecule has 0 amide bonds. The molecule has 0 saturated heterocycles. The third kappa shape index (κ3) is 4.43. The summed E-state index contributed by atoms with van der Waals surface area (Å²) in [5.41, 5.74) is 1.20. The van der Waals surface area contributed by atoms with Gasteiger partial charge in [-0.25, -0.2) is 0 Å². The summed E-state index contributed by atoms with van der Waals surface area (Å²) >= 11 is 0. The topological polar surface area (TPSA) is 62.4 Å². The Hall–Kier alpha value is -1.72. The van der Waals surface area contributed by atoms with Crippen molar-refractivity contribution in [2.45, 2.75) is 32.9 Å². The monoisotopic (exact) mass is 275 g/mol. The molecule has 0 aliphatic carbocycles. The Bertz CT molecular complexity index is 499. The van der Waals surface area contributed by atoms with Gasteiger partial charge in [-0.15, -0.1) is 0 Å². The molecule has 0 aliphatic rings. The van der Waals surface area contributed by atoms with Crippen molar-refractivity contribution in [2.24, 2.45) is 0 Å². The summed E-state index contributed by atoms with van der Waals surface area (Å²) in [6.45, 7) is 4.10. The molecule has 1 heterocycles. The summed E-state index contributed by atoms with van der Waals surface area (Å²) < 4.78 is 5.25. The third-order valence-corrected chi connectivity index (χ3v) is 3.01. The Balaban J connectivity index is 1.97. The van der Waals surface area contributed by atoms with Gasteiger partial charge in [0.25, 0.3) is 0 Å².